The highest BCUT2D eigenvalue weighted by atomic mass is 19.1. The molecule has 2 aliphatic rings. The van der Waals surface area contributed by atoms with Crippen LogP contribution in [0.25, 0.3) is 5.69 Å². The minimum Gasteiger partial charge on any atom is -0.494 e. The van der Waals surface area contributed by atoms with Gasteiger partial charge < -0.3 is 24.2 Å². The fraction of sp³-hybridized carbons (Fsp3) is 0.515. The number of anilines is 2. The van der Waals surface area contributed by atoms with E-state index in [1.54, 1.807) is 17.0 Å². The third kappa shape index (κ3) is 6.19. The molecule has 3 aromatic rings. The van der Waals surface area contributed by atoms with Gasteiger partial charge in [0.05, 0.1) is 25.0 Å². The predicted molar refractivity (Wildman–Crippen MR) is 169 cm³/mol. The van der Waals surface area contributed by atoms with Gasteiger partial charge in [-0.1, -0.05) is 19.9 Å². The number of nitrogens with zero attached hydrogens (tertiary/aromatic N) is 6. The van der Waals surface area contributed by atoms with Gasteiger partial charge in [-0.25, -0.2) is 18.4 Å². The Hall–Kier alpha value is -4.22. The highest BCUT2D eigenvalue weighted by molar-refractivity contribution is 5.69. The first-order valence-corrected chi connectivity index (χ1v) is 15.3. The monoisotopic (exact) mass is 624 g/mol. The topological polar surface area (TPSA) is 93.0 Å². The Morgan fingerprint density at radius 1 is 1.04 bits per heavy atom. The lowest BCUT2D eigenvalue weighted by atomic mass is 10.00. The highest BCUT2D eigenvalue weighted by Crippen LogP contribution is 2.38. The van der Waals surface area contributed by atoms with Gasteiger partial charge in [-0.05, 0) is 65.2 Å². The maximum Gasteiger partial charge on any atom is 0.410 e. The fourth-order valence-corrected chi connectivity index (χ4v) is 6.23. The molecule has 12 heteroatoms. The van der Waals surface area contributed by atoms with Crippen LogP contribution in [-0.4, -0.2) is 70.0 Å². The smallest absolute Gasteiger partial charge is 0.410 e. The van der Waals surface area contributed by atoms with E-state index in [1.165, 1.54) is 30.0 Å². The molecule has 0 aliphatic carbocycles. The third-order valence-corrected chi connectivity index (χ3v) is 8.30. The number of carbonyl (C=O) groups excluding carboxylic acids is 1. The SMILES string of the molecule is COc1cccc(F)c1N1CCc2c(N3C[C@@H](C)N(C(=O)OC(C)(C)C)C[C@@H]3C)nc(=O)n(-c3c(F)ccnc3C(C)C)c2C1. The van der Waals surface area contributed by atoms with Crippen molar-refractivity contribution in [2.24, 2.45) is 0 Å². The van der Waals surface area contributed by atoms with Gasteiger partial charge in [0, 0.05) is 43.5 Å². The van der Waals surface area contributed by atoms with E-state index in [2.05, 4.69) is 9.97 Å². The molecule has 1 fully saturated rings. The first-order chi connectivity index (χ1) is 21.2. The minimum atomic E-state index is -0.658. The average Bonchev–Trinajstić information content (AvgIpc) is 2.96. The summed E-state index contributed by atoms with van der Waals surface area (Å²) in [5.41, 5.74) is 0.717. The zero-order valence-corrected chi connectivity index (χ0v) is 27.2. The number of hydrogen-bond acceptors (Lipinski definition) is 8. The van der Waals surface area contributed by atoms with Crippen LogP contribution in [0.1, 0.15) is 71.3 Å². The second kappa shape index (κ2) is 12.3. The molecule has 2 aromatic heterocycles. The lowest BCUT2D eigenvalue weighted by Gasteiger charge is -2.46. The molecular formula is C33H42F2N6O4. The number of piperazine rings is 1. The van der Waals surface area contributed by atoms with Crippen LogP contribution in [0, 0.1) is 11.6 Å². The lowest BCUT2D eigenvalue weighted by molar-refractivity contribution is 0.0129. The standard InChI is InChI=1S/C33H42F2N6O4/c1-19(2)27-29(24(35)12-14-36-27)41-25-18-38(28-23(34)10-9-11-26(28)44-8)15-13-22(25)30(37-31(41)42)39-16-21(4)40(17-20(39)3)32(43)45-33(5,6)7/h9-12,14,19-21H,13,15-18H2,1-8H3/t20-,21+/m0/s1. The van der Waals surface area contributed by atoms with Gasteiger partial charge in [-0.2, -0.15) is 4.98 Å². The van der Waals surface area contributed by atoms with E-state index in [-0.39, 0.29) is 35.9 Å². The molecule has 5 rings (SSSR count). The minimum absolute atomic E-state index is 0.0475. The molecule has 0 unspecified atom stereocenters. The summed E-state index contributed by atoms with van der Waals surface area (Å²) in [5.74, 6) is -0.396. The van der Waals surface area contributed by atoms with E-state index in [1.807, 2.05) is 58.3 Å². The number of ether oxygens (including phenoxy) is 2. The average molecular weight is 625 g/mol. The summed E-state index contributed by atoms with van der Waals surface area (Å²) in [4.78, 5) is 41.6. The van der Waals surface area contributed by atoms with Crippen molar-refractivity contribution in [3.8, 4) is 11.4 Å². The van der Waals surface area contributed by atoms with Crippen LogP contribution in [0.3, 0.4) is 0 Å². The summed E-state index contributed by atoms with van der Waals surface area (Å²) in [6.45, 7) is 14.4. The molecule has 1 aromatic carbocycles. The van der Waals surface area contributed by atoms with Crippen molar-refractivity contribution in [2.75, 3.05) is 36.5 Å². The van der Waals surface area contributed by atoms with Crippen molar-refractivity contribution >= 4 is 17.6 Å². The highest BCUT2D eigenvalue weighted by Gasteiger charge is 2.38. The van der Waals surface area contributed by atoms with Crippen molar-refractivity contribution in [1.29, 1.82) is 0 Å². The summed E-state index contributed by atoms with van der Waals surface area (Å²) >= 11 is 0. The number of pyridine rings is 1. The molecule has 1 saturated heterocycles. The summed E-state index contributed by atoms with van der Waals surface area (Å²) in [7, 11) is 1.48. The molecule has 1 amide bonds. The van der Waals surface area contributed by atoms with Gasteiger partial charge in [0.2, 0.25) is 0 Å². The molecule has 4 heterocycles. The van der Waals surface area contributed by atoms with Crippen molar-refractivity contribution in [3.63, 3.8) is 0 Å². The van der Waals surface area contributed by atoms with E-state index in [0.29, 0.717) is 49.0 Å². The van der Waals surface area contributed by atoms with E-state index in [9.17, 15) is 9.59 Å². The van der Waals surface area contributed by atoms with Gasteiger partial charge in [0.15, 0.2) is 5.82 Å². The normalized spacial score (nSPS) is 18.7. The molecule has 45 heavy (non-hydrogen) atoms. The molecule has 0 spiro atoms. The van der Waals surface area contributed by atoms with E-state index in [4.69, 9.17) is 9.47 Å². The summed E-state index contributed by atoms with van der Waals surface area (Å²) in [6.07, 6.45) is 1.40. The molecule has 0 N–H and O–H groups in total. The fourth-order valence-electron chi connectivity index (χ4n) is 6.23. The van der Waals surface area contributed by atoms with Gasteiger partial charge in [-0.3, -0.25) is 9.55 Å². The largest absolute Gasteiger partial charge is 0.494 e. The van der Waals surface area contributed by atoms with Crippen LogP contribution in [0.5, 0.6) is 5.75 Å². The second-order valence-corrected chi connectivity index (χ2v) is 13.1. The van der Waals surface area contributed by atoms with E-state index < -0.39 is 29.0 Å². The van der Waals surface area contributed by atoms with Gasteiger partial charge in [0.25, 0.3) is 0 Å². The second-order valence-electron chi connectivity index (χ2n) is 13.1. The van der Waals surface area contributed by atoms with Gasteiger partial charge >= 0.3 is 11.8 Å². The molecule has 242 valence electrons. The number of hydrogen-bond donors (Lipinski definition) is 0. The summed E-state index contributed by atoms with van der Waals surface area (Å²) in [5, 5.41) is 0. The number of carbonyl (C=O) groups is 1. The maximum atomic E-state index is 15.7. The number of fused-ring (bicyclic) bond motifs is 1. The predicted octanol–water partition coefficient (Wildman–Crippen LogP) is 5.43. The first kappa shape index (κ1) is 32.2. The number of aromatic nitrogens is 3. The molecule has 0 bridgehead atoms. The summed E-state index contributed by atoms with van der Waals surface area (Å²) in [6, 6.07) is 5.42. The Kier molecular flexibility index (Phi) is 8.79. The first-order valence-electron chi connectivity index (χ1n) is 15.3. The zero-order valence-electron chi connectivity index (χ0n) is 27.2. The molecule has 2 aliphatic heterocycles. The van der Waals surface area contributed by atoms with Crippen molar-refractivity contribution < 1.29 is 23.0 Å². The molecular weight excluding hydrogens is 582 g/mol. The van der Waals surface area contributed by atoms with Crippen molar-refractivity contribution in [1.82, 2.24) is 19.4 Å². The number of benzene rings is 1. The molecule has 2 atom stereocenters. The summed E-state index contributed by atoms with van der Waals surface area (Å²) < 4.78 is 43.4. The van der Waals surface area contributed by atoms with Crippen LogP contribution in [0.2, 0.25) is 0 Å². The number of para-hydroxylation sites is 1. The number of methoxy groups -OCH3 is 1. The Morgan fingerprint density at radius 3 is 2.42 bits per heavy atom. The lowest BCUT2D eigenvalue weighted by Crippen LogP contribution is -2.59. The van der Waals surface area contributed by atoms with Gasteiger partial charge in [0.1, 0.15) is 34.4 Å². The number of halogens is 2. The molecule has 0 radical (unpaired) electrons. The Morgan fingerprint density at radius 2 is 1.76 bits per heavy atom. The number of amides is 1. The van der Waals surface area contributed by atoms with Crippen molar-refractivity contribution in [3.05, 3.63) is 69.5 Å². The quantitative estimate of drug-likeness (QED) is 0.371. The van der Waals surface area contributed by atoms with Crippen molar-refractivity contribution in [2.45, 2.75) is 85.0 Å². The Labute approximate surface area is 262 Å². The van der Waals surface area contributed by atoms with Crippen LogP contribution in [-0.2, 0) is 17.7 Å². The van der Waals surface area contributed by atoms with E-state index in [0.717, 1.165) is 5.56 Å². The Balaban J connectivity index is 1.65. The molecule has 0 saturated carbocycles. The van der Waals surface area contributed by atoms with E-state index >= 15 is 8.78 Å². The van der Waals surface area contributed by atoms with Crippen LogP contribution < -0.4 is 20.2 Å². The molecule has 10 nitrogen and oxygen atoms in total. The number of rotatable bonds is 5. The van der Waals surface area contributed by atoms with Crippen LogP contribution in [0.15, 0.2) is 35.3 Å². The van der Waals surface area contributed by atoms with Crippen LogP contribution >= 0.6 is 0 Å². The van der Waals surface area contributed by atoms with Gasteiger partial charge in [-0.15, -0.1) is 0 Å². The maximum absolute atomic E-state index is 15.7. The zero-order chi connectivity index (χ0) is 32.8. The Bertz CT molecular complexity index is 1650. The third-order valence-electron chi connectivity index (χ3n) is 8.30. The van der Waals surface area contributed by atoms with Crippen LogP contribution in [0.4, 0.5) is 25.1 Å².